The Kier molecular flexibility index (Phi) is 4.25. The van der Waals surface area contributed by atoms with E-state index in [1.165, 1.54) is 0 Å². The van der Waals surface area contributed by atoms with E-state index >= 15 is 0 Å². The number of ketones is 1. The van der Waals surface area contributed by atoms with Crippen molar-refractivity contribution in [3.8, 4) is 0 Å². The molecule has 2 atom stereocenters. The average molecular weight is 311 g/mol. The molecule has 1 aliphatic heterocycles. The highest BCUT2D eigenvalue weighted by Gasteiger charge is 2.24. The molecular weight excluding hydrogens is 290 g/mol. The van der Waals surface area contributed by atoms with Crippen LogP contribution in [0.4, 0.5) is 11.6 Å². The Balaban J connectivity index is 1.91. The molecule has 3 heterocycles. The second kappa shape index (κ2) is 6.34. The van der Waals surface area contributed by atoms with Crippen molar-refractivity contribution in [1.82, 2.24) is 15.3 Å². The van der Waals surface area contributed by atoms with Crippen LogP contribution in [0.25, 0.3) is 0 Å². The van der Waals surface area contributed by atoms with Crippen LogP contribution in [0, 0.1) is 0 Å². The van der Waals surface area contributed by atoms with Gasteiger partial charge in [0, 0.05) is 31.4 Å². The number of carbonyl (C=O) groups excluding carboxylic acids is 1. The molecule has 3 N–H and O–H groups in total. The van der Waals surface area contributed by atoms with Crippen molar-refractivity contribution in [3.63, 3.8) is 0 Å². The van der Waals surface area contributed by atoms with Crippen molar-refractivity contribution in [2.75, 3.05) is 23.7 Å². The van der Waals surface area contributed by atoms with E-state index in [4.69, 9.17) is 5.73 Å². The second-order valence-corrected chi connectivity index (χ2v) is 5.96. The van der Waals surface area contributed by atoms with Gasteiger partial charge in [-0.2, -0.15) is 0 Å². The molecule has 0 aliphatic carbocycles. The van der Waals surface area contributed by atoms with Gasteiger partial charge in [-0.1, -0.05) is 6.07 Å². The molecule has 3 rings (SSSR count). The zero-order chi connectivity index (χ0) is 16.4. The molecule has 0 bridgehead atoms. The maximum atomic E-state index is 12.6. The maximum absolute atomic E-state index is 12.6. The molecule has 1 fully saturated rings. The first kappa shape index (κ1) is 15.4. The predicted octanol–water partition coefficient (Wildman–Crippen LogP) is 1.48. The van der Waals surface area contributed by atoms with E-state index in [2.05, 4.69) is 34.0 Å². The first-order valence-corrected chi connectivity index (χ1v) is 7.78. The van der Waals surface area contributed by atoms with Gasteiger partial charge < -0.3 is 16.0 Å². The number of nitrogen functional groups attached to an aromatic ring is 1. The molecule has 0 unspecified atom stereocenters. The molecular formula is C17H21N5O. The summed E-state index contributed by atoms with van der Waals surface area (Å²) in [5, 5.41) is 3.44. The lowest BCUT2D eigenvalue weighted by Crippen LogP contribution is -2.54. The molecule has 23 heavy (non-hydrogen) atoms. The first-order valence-electron chi connectivity index (χ1n) is 7.78. The number of nitrogens with one attached hydrogen (secondary N) is 1. The number of hydrogen-bond donors (Lipinski definition) is 2. The summed E-state index contributed by atoms with van der Waals surface area (Å²) in [6, 6.07) is 9.62. The Morgan fingerprint density at radius 2 is 2.13 bits per heavy atom. The van der Waals surface area contributed by atoms with E-state index in [1.807, 2.05) is 12.1 Å². The van der Waals surface area contributed by atoms with Gasteiger partial charge in [0.2, 0.25) is 5.78 Å². The molecule has 2 aromatic heterocycles. The molecule has 1 saturated heterocycles. The lowest BCUT2D eigenvalue weighted by Gasteiger charge is -2.38. The first-order chi connectivity index (χ1) is 11.1. The topological polar surface area (TPSA) is 84.1 Å². The van der Waals surface area contributed by atoms with Crippen LogP contribution in [0.5, 0.6) is 0 Å². The van der Waals surface area contributed by atoms with Gasteiger partial charge in [-0.3, -0.25) is 4.79 Å². The van der Waals surface area contributed by atoms with Crippen LogP contribution in [0.15, 0.2) is 36.5 Å². The van der Waals surface area contributed by atoms with E-state index in [1.54, 1.807) is 24.4 Å². The number of piperazine rings is 1. The smallest absolute Gasteiger partial charge is 0.215 e. The van der Waals surface area contributed by atoms with Gasteiger partial charge in [0.25, 0.3) is 0 Å². The van der Waals surface area contributed by atoms with Crippen LogP contribution in [-0.4, -0.2) is 40.9 Å². The van der Waals surface area contributed by atoms with Gasteiger partial charge in [0.05, 0.1) is 5.56 Å². The fourth-order valence-corrected chi connectivity index (χ4v) is 2.80. The molecule has 0 aromatic carbocycles. The monoisotopic (exact) mass is 311 g/mol. The number of pyridine rings is 2. The Morgan fingerprint density at radius 3 is 2.91 bits per heavy atom. The Hall–Kier alpha value is -2.47. The van der Waals surface area contributed by atoms with Crippen molar-refractivity contribution < 1.29 is 4.79 Å². The van der Waals surface area contributed by atoms with Crippen LogP contribution < -0.4 is 16.0 Å². The molecule has 0 radical (unpaired) electrons. The number of carbonyl (C=O) groups is 1. The highest BCUT2D eigenvalue weighted by Crippen LogP contribution is 2.20. The molecule has 0 amide bonds. The zero-order valence-corrected chi connectivity index (χ0v) is 13.4. The minimum absolute atomic E-state index is 0.201. The SMILES string of the molecule is C[C@@H]1CN(c2cccc(C(=O)c3cccnc3N)n2)[C@H](C)CN1. The van der Waals surface area contributed by atoms with Crippen molar-refractivity contribution in [2.24, 2.45) is 0 Å². The highest BCUT2D eigenvalue weighted by molar-refractivity contribution is 6.10. The lowest BCUT2D eigenvalue weighted by molar-refractivity contribution is 0.103. The largest absolute Gasteiger partial charge is 0.383 e. The Bertz CT molecular complexity index is 718. The molecule has 120 valence electrons. The third-order valence-corrected chi connectivity index (χ3v) is 4.11. The van der Waals surface area contributed by atoms with E-state index in [9.17, 15) is 4.79 Å². The van der Waals surface area contributed by atoms with Gasteiger partial charge in [0.1, 0.15) is 17.3 Å². The summed E-state index contributed by atoms with van der Waals surface area (Å²) in [6.07, 6.45) is 1.57. The fourth-order valence-electron chi connectivity index (χ4n) is 2.80. The quantitative estimate of drug-likeness (QED) is 0.835. The average Bonchev–Trinajstić information content (AvgIpc) is 2.57. The van der Waals surface area contributed by atoms with Gasteiger partial charge in [-0.25, -0.2) is 9.97 Å². The summed E-state index contributed by atoms with van der Waals surface area (Å²) in [6.45, 7) is 6.05. The number of aromatic nitrogens is 2. The normalized spacial score (nSPS) is 21.2. The van der Waals surface area contributed by atoms with Crippen LogP contribution in [-0.2, 0) is 0 Å². The van der Waals surface area contributed by atoms with E-state index in [-0.39, 0.29) is 11.6 Å². The van der Waals surface area contributed by atoms with Crippen molar-refractivity contribution in [3.05, 3.63) is 47.8 Å². The van der Waals surface area contributed by atoms with Crippen molar-refractivity contribution >= 4 is 17.4 Å². The van der Waals surface area contributed by atoms with Crippen LogP contribution in [0.3, 0.4) is 0 Å². The van der Waals surface area contributed by atoms with Crippen LogP contribution in [0.1, 0.15) is 29.9 Å². The van der Waals surface area contributed by atoms with Gasteiger partial charge in [-0.05, 0) is 38.1 Å². The van der Waals surface area contributed by atoms with E-state index in [0.29, 0.717) is 23.3 Å². The third kappa shape index (κ3) is 3.17. The number of nitrogens with two attached hydrogens (primary N) is 1. The molecule has 2 aromatic rings. The summed E-state index contributed by atoms with van der Waals surface area (Å²) < 4.78 is 0. The summed E-state index contributed by atoms with van der Waals surface area (Å²) in [4.78, 5) is 23.4. The Morgan fingerprint density at radius 1 is 1.30 bits per heavy atom. The number of rotatable bonds is 3. The predicted molar refractivity (Wildman–Crippen MR) is 90.6 cm³/mol. The summed E-state index contributed by atoms with van der Waals surface area (Å²) in [5.41, 5.74) is 6.58. The maximum Gasteiger partial charge on any atom is 0.215 e. The summed E-state index contributed by atoms with van der Waals surface area (Å²) in [5.74, 6) is 0.848. The lowest BCUT2D eigenvalue weighted by atomic mass is 10.1. The number of anilines is 2. The summed E-state index contributed by atoms with van der Waals surface area (Å²) in [7, 11) is 0. The van der Waals surface area contributed by atoms with Crippen molar-refractivity contribution in [1.29, 1.82) is 0 Å². The minimum Gasteiger partial charge on any atom is -0.383 e. The van der Waals surface area contributed by atoms with Crippen molar-refractivity contribution in [2.45, 2.75) is 25.9 Å². The Labute approximate surface area is 135 Å². The van der Waals surface area contributed by atoms with Gasteiger partial charge >= 0.3 is 0 Å². The van der Waals surface area contributed by atoms with E-state index < -0.39 is 0 Å². The highest BCUT2D eigenvalue weighted by atomic mass is 16.1. The number of hydrogen-bond acceptors (Lipinski definition) is 6. The number of nitrogens with zero attached hydrogens (tertiary/aromatic N) is 3. The van der Waals surface area contributed by atoms with Gasteiger partial charge in [0.15, 0.2) is 0 Å². The summed E-state index contributed by atoms with van der Waals surface area (Å²) >= 11 is 0. The fraction of sp³-hybridized carbons (Fsp3) is 0.353. The van der Waals surface area contributed by atoms with Crippen LogP contribution >= 0.6 is 0 Å². The third-order valence-electron chi connectivity index (χ3n) is 4.11. The minimum atomic E-state index is -0.201. The standard InChI is InChI=1S/C17H21N5O/c1-11-10-22(12(2)9-20-11)15-7-3-6-14(21-15)16(23)13-5-4-8-19-17(13)18/h3-8,11-12,20H,9-10H2,1-2H3,(H2,18,19)/t11-,12-/m1/s1. The van der Waals surface area contributed by atoms with Crippen LogP contribution in [0.2, 0.25) is 0 Å². The molecule has 1 aliphatic rings. The second-order valence-electron chi connectivity index (χ2n) is 5.96. The van der Waals surface area contributed by atoms with Gasteiger partial charge in [-0.15, -0.1) is 0 Å². The molecule has 6 heteroatoms. The molecule has 0 saturated carbocycles. The molecule has 0 spiro atoms. The van der Waals surface area contributed by atoms with E-state index in [0.717, 1.165) is 18.9 Å². The zero-order valence-electron chi connectivity index (χ0n) is 13.4. The molecule has 6 nitrogen and oxygen atoms in total.